The fourth-order valence-electron chi connectivity index (χ4n) is 1.92. The number of Topliss-reactive ketones (excluding diaryl/α,β-unsaturated/α-hetero) is 2. The lowest BCUT2D eigenvalue weighted by atomic mass is 9.73. The van der Waals surface area contributed by atoms with E-state index < -0.39 is 0 Å². The minimum absolute atomic E-state index is 0.0186. The van der Waals surface area contributed by atoms with Crippen LogP contribution in [0.5, 0.6) is 0 Å². The topological polar surface area (TPSA) is 34.1 Å². The van der Waals surface area contributed by atoms with Crippen LogP contribution in [0.1, 0.15) is 31.8 Å². The summed E-state index contributed by atoms with van der Waals surface area (Å²) in [5, 5.41) is 0. The molecule has 0 atom stereocenters. The third-order valence-corrected chi connectivity index (χ3v) is 2.85. The summed E-state index contributed by atoms with van der Waals surface area (Å²) in [6.45, 7) is 7.28. The molecular weight excluding hydrogens is 176 g/mol. The number of carbonyl (C=O) groups excluding carboxylic acids is 2. The van der Waals surface area contributed by atoms with Crippen molar-refractivity contribution in [2.45, 2.75) is 0 Å². The lowest BCUT2D eigenvalue weighted by Gasteiger charge is -2.27. The molecule has 1 aromatic carbocycles. The Morgan fingerprint density at radius 1 is 0.714 bits per heavy atom. The molecule has 66 valence electrons. The number of benzene rings is 1. The number of ketones is 2. The summed E-state index contributed by atoms with van der Waals surface area (Å²) in [6, 6.07) is 3.48. The van der Waals surface area contributed by atoms with Crippen molar-refractivity contribution in [3.8, 4) is 0 Å². The Balaban J connectivity index is 2.33. The number of allylic oxidation sites excluding steroid dienone is 2. The van der Waals surface area contributed by atoms with Gasteiger partial charge in [0.25, 0.3) is 0 Å². The predicted molar refractivity (Wildman–Crippen MR) is 53.2 cm³/mol. The highest BCUT2D eigenvalue weighted by Gasteiger charge is 2.36. The SMILES string of the molecule is C=C1C(=O)c2cc3c(cc21)C(=O)C3=C. The summed E-state index contributed by atoms with van der Waals surface area (Å²) < 4.78 is 0. The second-order valence-electron chi connectivity index (χ2n) is 3.56. The van der Waals surface area contributed by atoms with Crippen molar-refractivity contribution >= 4 is 22.7 Å². The molecule has 2 aliphatic rings. The highest BCUT2D eigenvalue weighted by Crippen LogP contribution is 2.41. The van der Waals surface area contributed by atoms with Gasteiger partial charge in [-0.25, -0.2) is 0 Å². The Bertz CT molecular complexity index is 464. The van der Waals surface area contributed by atoms with E-state index in [-0.39, 0.29) is 11.6 Å². The maximum absolute atomic E-state index is 11.3. The number of hydrogen-bond donors (Lipinski definition) is 0. The molecule has 0 spiro atoms. The van der Waals surface area contributed by atoms with Crippen LogP contribution >= 0.6 is 0 Å². The third kappa shape index (κ3) is 0.567. The van der Waals surface area contributed by atoms with E-state index >= 15 is 0 Å². The van der Waals surface area contributed by atoms with Crippen LogP contribution < -0.4 is 0 Å². The molecule has 0 amide bonds. The molecule has 0 radical (unpaired) electrons. The normalized spacial score (nSPS) is 17.1. The number of hydrogen-bond acceptors (Lipinski definition) is 2. The summed E-state index contributed by atoms with van der Waals surface area (Å²) in [5.41, 5.74) is 3.98. The Morgan fingerprint density at radius 2 is 1.07 bits per heavy atom. The van der Waals surface area contributed by atoms with Crippen molar-refractivity contribution in [1.82, 2.24) is 0 Å². The monoisotopic (exact) mass is 182 g/mol. The van der Waals surface area contributed by atoms with Gasteiger partial charge in [0.05, 0.1) is 0 Å². The van der Waals surface area contributed by atoms with E-state index in [4.69, 9.17) is 0 Å². The van der Waals surface area contributed by atoms with Crippen LogP contribution in [0.25, 0.3) is 11.1 Å². The van der Waals surface area contributed by atoms with Gasteiger partial charge in [-0.05, 0) is 23.3 Å². The molecule has 1 aromatic rings. The Labute approximate surface area is 80.6 Å². The van der Waals surface area contributed by atoms with Gasteiger partial charge in [-0.1, -0.05) is 13.2 Å². The average molecular weight is 182 g/mol. The van der Waals surface area contributed by atoms with Gasteiger partial charge in [-0.2, -0.15) is 0 Å². The number of fused-ring (bicyclic) bond motifs is 2. The zero-order valence-electron chi connectivity index (χ0n) is 7.39. The summed E-state index contributed by atoms with van der Waals surface area (Å²) in [5.74, 6) is -0.0371. The fourth-order valence-corrected chi connectivity index (χ4v) is 1.92. The summed E-state index contributed by atoms with van der Waals surface area (Å²) in [4.78, 5) is 22.6. The summed E-state index contributed by atoms with van der Waals surface area (Å²) in [6.07, 6.45) is 0. The van der Waals surface area contributed by atoms with Crippen LogP contribution in [0.15, 0.2) is 25.3 Å². The Morgan fingerprint density at radius 3 is 1.43 bits per heavy atom. The first-order valence-corrected chi connectivity index (χ1v) is 4.27. The minimum atomic E-state index is -0.0186. The smallest absolute Gasteiger partial charge is 0.193 e. The van der Waals surface area contributed by atoms with Gasteiger partial charge in [-0.15, -0.1) is 0 Å². The molecule has 0 aromatic heterocycles. The molecule has 0 saturated heterocycles. The van der Waals surface area contributed by atoms with Gasteiger partial charge >= 0.3 is 0 Å². The Hall–Kier alpha value is -1.96. The van der Waals surface area contributed by atoms with E-state index in [1.807, 2.05) is 0 Å². The first-order valence-electron chi connectivity index (χ1n) is 4.27. The molecule has 0 heterocycles. The van der Waals surface area contributed by atoms with E-state index in [0.717, 1.165) is 11.1 Å². The van der Waals surface area contributed by atoms with Crippen LogP contribution in [0, 0.1) is 0 Å². The Kier molecular flexibility index (Phi) is 1.02. The van der Waals surface area contributed by atoms with Crippen molar-refractivity contribution in [3.63, 3.8) is 0 Å². The molecule has 14 heavy (non-hydrogen) atoms. The van der Waals surface area contributed by atoms with Crippen molar-refractivity contribution in [2.24, 2.45) is 0 Å². The van der Waals surface area contributed by atoms with E-state index in [2.05, 4.69) is 13.2 Å². The zero-order chi connectivity index (χ0) is 10.0. The summed E-state index contributed by atoms with van der Waals surface area (Å²) in [7, 11) is 0. The van der Waals surface area contributed by atoms with Gasteiger partial charge in [-0.3, -0.25) is 9.59 Å². The maximum atomic E-state index is 11.3. The lowest BCUT2D eigenvalue weighted by Crippen LogP contribution is -2.24. The first kappa shape index (κ1) is 7.44. The molecule has 0 aliphatic heterocycles. The molecular formula is C12H6O2. The van der Waals surface area contributed by atoms with Crippen LogP contribution in [0.2, 0.25) is 0 Å². The highest BCUT2D eigenvalue weighted by atomic mass is 16.1. The molecule has 2 heteroatoms. The van der Waals surface area contributed by atoms with E-state index in [0.29, 0.717) is 22.3 Å². The minimum Gasteiger partial charge on any atom is -0.289 e. The van der Waals surface area contributed by atoms with Crippen LogP contribution in [-0.2, 0) is 0 Å². The predicted octanol–water partition coefficient (Wildman–Crippen LogP) is 2.11. The standard InChI is InChI=1S/C12H6O2/c1-5-7-3-10-8(6(2)12(10)14)4-9(7)11(5)13/h3-4H,1-2H2. The number of rotatable bonds is 0. The summed E-state index contributed by atoms with van der Waals surface area (Å²) >= 11 is 0. The molecule has 0 saturated carbocycles. The van der Waals surface area contributed by atoms with Gasteiger partial charge in [0, 0.05) is 22.3 Å². The van der Waals surface area contributed by atoms with Gasteiger partial charge in [0.1, 0.15) is 0 Å². The molecule has 0 fully saturated rings. The molecule has 3 rings (SSSR count). The number of carbonyl (C=O) groups is 2. The average Bonchev–Trinajstić information content (AvgIpc) is 2.24. The van der Waals surface area contributed by atoms with Crippen molar-refractivity contribution in [3.05, 3.63) is 47.5 Å². The quantitative estimate of drug-likeness (QED) is 0.576. The van der Waals surface area contributed by atoms with Gasteiger partial charge in [0.15, 0.2) is 11.6 Å². The fraction of sp³-hybridized carbons (Fsp3) is 0. The van der Waals surface area contributed by atoms with Crippen LogP contribution in [-0.4, -0.2) is 11.6 Å². The molecule has 2 aliphatic carbocycles. The third-order valence-electron chi connectivity index (χ3n) is 2.85. The van der Waals surface area contributed by atoms with Crippen molar-refractivity contribution < 1.29 is 9.59 Å². The van der Waals surface area contributed by atoms with E-state index in [1.165, 1.54) is 0 Å². The van der Waals surface area contributed by atoms with Crippen LogP contribution in [0.4, 0.5) is 0 Å². The highest BCUT2D eigenvalue weighted by molar-refractivity contribution is 6.43. The lowest BCUT2D eigenvalue weighted by molar-refractivity contribution is 0.102. The van der Waals surface area contributed by atoms with Crippen LogP contribution in [0.3, 0.4) is 0 Å². The molecule has 0 unspecified atom stereocenters. The molecule has 0 N–H and O–H groups in total. The second-order valence-corrected chi connectivity index (χ2v) is 3.56. The maximum Gasteiger partial charge on any atom is 0.193 e. The molecule has 0 bridgehead atoms. The van der Waals surface area contributed by atoms with E-state index in [9.17, 15) is 9.59 Å². The first-order chi connectivity index (χ1) is 6.61. The molecule has 2 nitrogen and oxygen atoms in total. The largest absolute Gasteiger partial charge is 0.289 e. The van der Waals surface area contributed by atoms with Gasteiger partial charge < -0.3 is 0 Å². The second kappa shape index (κ2) is 1.93. The van der Waals surface area contributed by atoms with Crippen molar-refractivity contribution in [1.29, 1.82) is 0 Å². The van der Waals surface area contributed by atoms with Crippen molar-refractivity contribution in [2.75, 3.05) is 0 Å². The van der Waals surface area contributed by atoms with E-state index in [1.54, 1.807) is 12.1 Å². The zero-order valence-corrected chi connectivity index (χ0v) is 7.39. The van der Waals surface area contributed by atoms with Gasteiger partial charge in [0.2, 0.25) is 0 Å².